The zero-order valence-corrected chi connectivity index (χ0v) is 16.8. The van der Waals surface area contributed by atoms with Gasteiger partial charge in [0.15, 0.2) is 5.69 Å². The van der Waals surface area contributed by atoms with E-state index in [2.05, 4.69) is 10.9 Å². The molecule has 5 aromatic carbocycles. The fraction of sp³-hybridized carbons (Fsp3) is 0. The quantitative estimate of drug-likeness (QED) is 0.111. The number of ether oxygens (including phenoxy) is 2. The predicted octanol–water partition coefficient (Wildman–Crippen LogP) is 4.78. The minimum atomic E-state index is -0.854. The first-order valence-electron chi connectivity index (χ1n) is 10.0. The summed E-state index contributed by atoms with van der Waals surface area (Å²) in [5.74, 6) is -3.30. The van der Waals surface area contributed by atoms with Gasteiger partial charge in [0.25, 0.3) is 0 Å². The molecule has 0 spiro atoms. The molecule has 0 aromatic heterocycles. The fourth-order valence-electron chi connectivity index (χ4n) is 5.31. The van der Waals surface area contributed by atoms with E-state index in [-0.39, 0.29) is 33.5 Å². The number of esters is 4. The van der Waals surface area contributed by atoms with Crippen LogP contribution in [0.3, 0.4) is 0 Å². The van der Waals surface area contributed by atoms with E-state index in [1.165, 1.54) is 24.3 Å². The molecule has 0 saturated heterocycles. The molecule has 0 N–H and O–H groups in total. The largest absolute Gasteiger partial charge is 0.386 e. The average molecular weight is 442 g/mol. The van der Waals surface area contributed by atoms with Crippen LogP contribution < -0.4 is 0 Å². The lowest BCUT2D eigenvalue weighted by molar-refractivity contribution is 0.0373. The van der Waals surface area contributed by atoms with Crippen LogP contribution in [-0.4, -0.2) is 23.9 Å². The number of cyclic esters (lactones) is 4. The Labute approximate surface area is 188 Å². The van der Waals surface area contributed by atoms with Crippen molar-refractivity contribution in [1.29, 1.82) is 5.26 Å². The molecule has 2 aliphatic heterocycles. The van der Waals surface area contributed by atoms with Gasteiger partial charge in [0.2, 0.25) is 0 Å². The van der Waals surface area contributed by atoms with Gasteiger partial charge in [0.1, 0.15) is 0 Å². The van der Waals surface area contributed by atoms with Crippen molar-refractivity contribution in [2.45, 2.75) is 0 Å². The molecule has 0 amide bonds. The topological polar surface area (TPSA) is 115 Å². The Morgan fingerprint density at radius 2 is 1.15 bits per heavy atom. The lowest BCUT2D eigenvalue weighted by Gasteiger charge is -2.24. The van der Waals surface area contributed by atoms with Crippen molar-refractivity contribution >= 4 is 72.7 Å². The SMILES string of the molecule is [C-]#[N+]c1cc2c3c(ccc4c5c(C#N)cc6c7c(ccc(c1c34)c75)C(=O)OC6=O)C(=O)OC2=O. The minimum absolute atomic E-state index is 0.0870. The van der Waals surface area contributed by atoms with Crippen LogP contribution in [0.5, 0.6) is 0 Å². The van der Waals surface area contributed by atoms with E-state index in [0.717, 1.165) is 0 Å². The lowest BCUT2D eigenvalue weighted by Crippen LogP contribution is -2.21. The molecule has 0 radical (unpaired) electrons. The van der Waals surface area contributed by atoms with Gasteiger partial charge in [-0.3, -0.25) is 0 Å². The zero-order valence-electron chi connectivity index (χ0n) is 16.8. The molecule has 7 rings (SSSR count). The molecule has 0 atom stereocenters. The molecule has 5 aromatic rings. The molecule has 0 bridgehead atoms. The van der Waals surface area contributed by atoms with Crippen LogP contribution in [0.15, 0.2) is 36.4 Å². The molecule has 34 heavy (non-hydrogen) atoms. The van der Waals surface area contributed by atoms with Gasteiger partial charge in [-0.25, -0.2) is 24.0 Å². The van der Waals surface area contributed by atoms with Crippen LogP contribution in [0.1, 0.15) is 47.0 Å². The highest BCUT2D eigenvalue weighted by Gasteiger charge is 2.34. The summed E-state index contributed by atoms with van der Waals surface area (Å²) in [6.07, 6.45) is 0. The van der Waals surface area contributed by atoms with Crippen molar-refractivity contribution in [3.05, 3.63) is 75.6 Å². The number of carbonyl (C=O) groups is 4. The molecule has 0 fully saturated rings. The third-order valence-corrected chi connectivity index (χ3v) is 6.57. The number of hydrogen-bond acceptors (Lipinski definition) is 7. The first-order valence-corrected chi connectivity index (χ1v) is 10.0. The Morgan fingerprint density at radius 1 is 0.647 bits per heavy atom. The highest BCUT2D eigenvalue weighted by molar-refractivity contribution is 6.42. The maximum atomic E-state index is 12.6. The number of fused-ring (bicyclic) bond motifs is 2. The number of hydrogen-bond donors (Lipinski definition) is 0. The van der Waals surface area contributed by atoms with Crippen LogP contribution in [0.25, 0.3) is 47.9 Å². The monoisotopic (exact) mass is 442 g/mol. The van der Waals surface area contributed by atoms with Crippen molar-refractivity contribution < 1.29 is 28.7 Å². The molecular weight excluding hydrogens is 436 g/mol. The van der Waals surface area contributed by atoms with Gasteiger partial charge < -0.3 is 9.47 Å². The van der Waals surface area contributed by atoms with Crippen LogP contribution >= 0.6 is 0 Å². The Kier molecular flexibility index (Phi) is 3.07. The van der Waals surface area contributed by atoms with Gasteiger partial charge in [0.05, 0.1) is 40.5 Å². The van der Waals surface area contributed by atoms with E-state index >= 15 is 0 Å². The molecule has 2 aliphatic rings. The molecule has 156 valence electrons. The van der Waals surface area contributed by atoms with E-state index in [9.17, 15) is 24.4 Å². The Hall–Kier alpha value is -5.34. The lowest BCUT2D eigenvalue weighted by atomic mass is 9.81. The molecular formula is C26H6N2O6. The smallest absolute Gasteiger partial charge is 0.346 e. The second-order valence-electron chi connectivity index (χ2n) is 8.06. The van der Waals surface area contributed by atoms with Crippen LogP contribution in [0.4, 0.5) is 5.69 Å². The molecule has 0 unspecified atom stereocenters. The van der Waals surface area contributed by atoms with Gasteiger partial charge >= 0.3 is 23.9 Å². The van der Waals surface area contributed by atoms with Crippen molar-refractivity contribution in [3.8, 4) is 6.07 Å². The standard InChI is InChI=1S/C26H6N2O6/c1-28-16-7-15-19-13(24(30)34-26(15)32)4-2-10-17-9(8-27)6-14-18-12(23(29)33-25(14)31)5-3-11(21(17)18)20(16)22(10)19/h2-7H. The summed E-state index contributed by atoms with van der Waals surface area (Å²) < 4.78 is 9.72. The second kappa shape index (κ2) is 5.71. The van der Waals surface area contributed by atoms with Gasteiger partial charge in [-0.05, 0) is 51.2 Å². The van der Waals surface area contributed by atoms with Gasteiger partial charge in [-0.15, -0.1) is 0 Å². The number of carbonyl (C=O) groups excluding carboxylic acids is 4. The zero-order chi connectivity index (χ0) is 23.5. The van der Waals surface area contributed by atoms with Crippen molar-refractivity contribution in [3.63, 3.8) is 0 Å². The normalized spacial score (nSPS) is 14.5. The predicted molar refractivity (Wildman–Crippen MR) is 118 cm³/mol. The van der Waals surface area contributed by atoms with E-state index in [0.29, 0.717) is 43.1 Å². The summed E-state index contributed by atoms with van der Waals surface area (Å²) in [6, 6.07) is 11.2. The summed E-state index contributed by atoms with van der Waals surface area (Å²) >= 11 is 0. The fourth-order valence-corrected chi connectivity index (χ4v) is 5.31. The highest BCUT2D eigenvalue weighted by Crippen LogP contribution is 2.49. The van der Waals surface area contributed by atoms with Gasteiger partial charge in [-0.1, -0.05) is 12.1 Å². The first kappa shape index (κ1) is 18.3. The summed E-state index contributed by atoms with van der Waals surface area (Å²) in [6.45, 7) is 7.78. The highest BCUT2D eigenvalue weighted by atomic mass is 16.6. The second-order valence-corrected chi connectivity index (χ2v) is 8.06. The Morgan fingerprint density at radius 3 is 1.71 bits per heavy atom. The number of nitrogens with zero attached hydrogens (tertiary/aromatic N) is 2. The van der Waals surface area contributed by atoms with Crippen LogP contribution in [-0.2, 0) is 9.47 Å². The summed E-state index contributed by atoms with van der Waals surface area (Å²) in [4.78, 5) is 53.7. The number of benzene rings is 5. The van der Waals surface area contributed by atoms with Crippen molar-refractivity contribution in [1.82, 2.24) is 0 Å². The number of rotatable bonds is 0. The van der Waals surface area contributed by atoms with E-state index in [4.69, 9.17) is 16.0 Å². The van der Waals surface area contributed by atoms with Crippen molar-refractivity contribution in [2.24, 2.45) is 0 Å². The summed E-state index contributed by atoms with van der Waals surface area (Å²) in [7, 11) is 0. The first-order chi connectivity index (χ1) is 16.4. The average Bonchev–Trinajstić information content (AvgIpc) is 2.84. The molecule has 0 aliphatic carbocycles. The minimum Gasteiger partial charge on any atom is -0.386 e. The maximum Gasteiger partial charge on any atom is 0.346 e. The molecule has 0 saturated carbocycles. The third-order valence-electron chi connectivity index (χ3n) is 6.57. The summed E-state index contributed by atoms with van der Waals surface area (Å²) in [5.41, 5.74) is 0.833. The Bertz CT molecular complexity index is 1860. The van der Waals surface area contributed by atoms with Gasteiger partial charge in [0, 0.05) is 16.2 Å². The molecule has 2 heterocycles. The van der Waals surface area contributed by atoms with Crippen LogP contribution in [0, 0.1) is 17.9 Å². The number of nitriles is 1. The molecule has 8 heteroatoms. The van der Waals surface area contributed by atoms with Crippen LogP contribution in [0.2, 0.25) is 0 Å². The van der Waals surface area contributed by atoms with Gasteiger partial charge in [-0.2, -0.15) is 5.26 Å². The van der Waals surface area contributed by atoms with E-state index < -0.39 is 23.9 Å². The summed E-state index contributed by atoms with van der Waals surface area (Å²) in [5, 5.41) is 13.6. The Balaban J connectivity index is 1.91. The van der Waals surface area contributed by atoms with E-state index in [1.54, 1.807) is 12.1 Å². The molecule has 8 nitrogen and oxygen atoms in total. The maximum absolute atomic E-state index is 12.6. The third kappa shape index (κ3) is 1.88. The van der Waals surface area contributed by atoms with E-state index in [1.807, 2.05) is 0 Å². The van der Waals surface area contributed by atoms with Crippen molar-refractivity contribution in [2.75, 3.05) is 0 Å².